The van der Waals surface area contributed by atoms with E-state index in [9.17, 15) is 14.9 Å². The van der Waals surface area contributed by atoms with Gasteiger partial charge in [0, 0.05) is 13.1 Å². The smallest absolute Gasteiger partial charge is 0.316 e. The van der Waals surface area contributed by atoms with Gasteiger partial charge in [-0.05, 0) is 0 Å². The second-order valence-electron chi connectivity index (χ2n) is 2.92. The highest BCUT2D eigenvalue weighted by atomic mass is 32.2. The Bertz CT molecular complexity index is 438. The zero-order valence-corrected chi connectivity index (χ0v) is 10.1. The molecule has 1 rings (SSSR count). The third-order valence-corrected chi connectivity index (χ3v) is 2.70. The molecule has 0 saturated heterocycles. The molecule has 7 nitrogen and oxygen atoms in total. The molecule has 8 heteroatoms. The van der Waals surface area contributed by atoms with E-state index in [2.05, 4.69) is 15.0 Å². The maximum Gasteiger partial charge on any atom is 0.316 e. The molecule has 0 aliphatic carbocycles. The predicted octanol–water partition coefficient (Wildman–Crippen LogP) is 1.30. The summed E-state index contributed by atoms with van der Waals surface area (Å²) in [6.07, 6.45) is 0. The van der Waals surface area contributed by atoms with Crippen molar-refractivity contribution in [3.8, 4) is 0 Å². The van der Waals surface area contributed by atoms with E-state index in [4.69, 9.17) is 0 Å². The molecule has 1 N–H and O–H groups in total. The highest BCUT2D eigenvalue weighted by Crippen LogP contribution is 2.24. The molecule has 1 heterocycles. The normalized spacial score (nSPS) is 9.76. The summed E-state index contributed by atoms with van der Waals surface area (Å²) in [5, 5.41) is 13.8. The zero-order valence-electron chi connectivity index (χ0n) is 9.30. The Labute approximate surface area is 102 Å². The lowest BCUT2D eigenvalue weighted by molar-refractivity contribution is -0.385. The highest BCUT2D eigenvalue weighted by Gasteiger charge is 2.12. The first-order valence-electron chi connectivity index (χ1n) is 4.60. The first-order chi connectivity index (χ1) is 8.06. The van der Waals surface area contributed by atoms with Crippen LogP contribution in [0.3, 0.4) is 0 Å². The summed E-state index contributed by atoms with van der Waals surface area (Å²) in [6.45, 7) is 0. The first-order valence-corrected chi connectivity index (χ1v) is 5.59. The van der Waals surface area contributed by atoms with Gasteiger partial charge in [0.25, 0.3) is 5.69 Å². The van der Waals surface area contributed by atoms with E-state index in [1.54, 1.807) is 7.05 Å². The molecule has 0 atom stereocenters. The van der Waals surface area contributed by atoms with Gasteiger partial charge in [0.15, 0.2) is 0 Å². The third-order valence-electron chi connectivity index (χ3n) is 1.82. The number of carbonyl (C=O) groups excluding carboxylic acids is 1. The van der Waals surface area contributed by atoms with Crippen LogP contribution < -0.4 is 5.32 Å². The number of aromatic nitrogens is 1. The van der Waals surface area contributed by atoms with Gasteiger partial charge in [0.1, 0.15) is 10.8 Å². The van der Waals surface area contributed by atoms with Gasteiger partial charge in [0.2, 0.25) is 0 Å². The minimum Gasteiger partial charge on any atom is -0.468 e. The summed E-state index contributed by atoms with van der Waals surface area (Å²) in [7, 11) is 2.89. The van der Waals surface area contributed by atoms with Crippen molar-refractivity contribution in [2.75, 3.05) is 25.2 Å². The monoisotopic (exact) mass is 257 g/mol. The summed E-state index contributed by atoms with van der Waals surface area (Å²) in [5.41, 5.74) is -0.0725. The second kappa shape index (κ2) is 6.04. The van der Waals surface area contributed by atoms with Crippen LogP contribution in [0, 0.1) is 10.1 Å². The van der Waals surface area contributed by atoms with Crippen molar-refractivity contribution < 1.29 is 14.5 Å². The van der Waals surface area contributed by atoms with Crippen LogP contribution >= 0.6 is 11.8 Å². The lowest BCUT2D eigenvalue weighted by Crippen LogP contribution is -2.04. The number of nitro groups is 1. The van der Waals surface area contributed by atoms with Gasteiger partial charge < -0.3 is 10.1 Å². The van der Waals surface area contributed by atoms with E-state index in [1.807, 2.05) is 0 Å². The molecule has 0 radical (unpaired) electrons. The quantitative estimate of drug-likeness (QED) is 0.367. The van der Waals surface area contributed by atoms with Crippen LogP contribution in [0.2, 0.25) is 0 Å². The summed E-state index contributed by atoms with van der Waals surface area (Å²) < 4.78 is 4.47. The topological polar surface area (TPSA) is 94.4 Å². The Morgan fingerprint density at radius 1 is 1.65 bits per heavy atom. The summed E-state index contributed by atoms with van der Waals surface area (Å²) in [5.74, 6) is 0.0364. The van der Waals surface area contributed by atoms with Crippen LogP contribution in [-0.2, 0) is 9.53 Å². The Morgan fingerprint density at radius 2 is 2.35 bits per heavy atom. The number of pyridine rings is 1. The average Bonchev–Trinajstić information content (AvgIpc) is 2.35. The number of nitrogens with one attached hydrogen (secondary N) is 1. The standard InChI is InChI=1S/C9H11N3O4S/c1-10-7-3-6(12(14)15)4-8(11-7)17-5-9(13)16-2/h3-4H,5H2,1-2H3,(H,10,11). The van der Waals surface area contributed by atoms with Crippen LogP contribution in [0.5, 0.6) is 0 Å². The first kappa shape index (κ1) is 13.2. The van der Waals surface area contributed by atoms with Crippen molar-refractivity contribution in [3.05, 3.63) is 22.2 Å². The molecular weight excluding hydrogens is 246 g/mol. The van der Waals surface area contributed by atoms with E-state index >= 15 is 0 Å². The molecule has 17 heavy (non-hydrogen) atoms. The number of carbonyl (C=O) groups is 1. The largest absolute Gasteiger partial charge is 0.468 e. The maximum absolute atomic E-state index is 10.9. The number of hydrogen-bond donors (Lipinski definition) is 1. The van der Waals surface area contributed by atoms with Crippen LogP contribution in [0.15, 0.2) is 17.2 Å². The van der Waals surface area contributed by atoms with Gasteiger partial charge in [-0.1, -0.05) is 11.8 Å². The molecule has 0 unspecified atom stereocenters. The fourth-order valence-electron chi connectivity index (χ4n) is 0.991. The Balaban J connectivity index is 2.87. The van der Waals surface area contributed by atoms with Crippen molar-refractivity contribution in [1.29, 1.82) is 0 Å². The number of anilines is 1. The fourth-order valence-corrected chi connectivity index (χ4v) is 1.74. The highest BCUT2D eigenvalue weighted by molar-refractivity contribution is 7.99. The van der Waals surface area contributed by atoms with Gasteiger partial charge in [-0.15, -0.1) is 0 Å². The number of hydrogen-bond acceptors (Lipinski definition) is 7. The van der Waals surface area contributed by atoms with E-state index in [0.29, 0.717) is 10.8 Å². The number of esters is 1. The molecule has 1 aromatic heterocycles. The van der Waals surface area contributed by atoms with Crippen LogP contribution in [0.1, 0.15) is 0 Å². The average molecular weight is 257 g/mol. The Kier molecular flexibility index (Phi) is 4.70. The fraction of sp³-hybridized carbons (Fsp3) is 0.333. The van der Waals surface area contributed by atoms with Crippen LogP contribution in [-0.4, -0.2) is 35.8 Å². The molecule has 0 aliphatic rings. The summed E-state index contributed by atoms with van der Waals surface area (Å²) in [6, 6.07) is 2.64. The molecule has 92 valence electrons. The second-order valence-corrected chi connectivity index (χ2v) is 3.92. The lowest BCUT2D eigenvalue weighted by atomic mass is 10.4. The molecular formula is C9H11N3O4S. The molecule has 0 fully saturated rings. The van der Waals surface area contributed by atoms with Crippen molar-refractivity contribution in [2.45, 2.75) is 5.03 Å². The Hall–Kier alpha value is -1.83. The number of methoxy groups -OCH3 is 1. The van der Waals surface area contributed by atoms with Crippen molar-refractivity contribution in [3.63, 3.8) is 0 Å². The third kappa shape index (κ3) is 3.91. The number of rotatable bonds is 5. The minimum absolute atomic E-state index is 0.0633. The minimum atomic E-state index is -0.509. The number of nitrogens with zero attached hydrogens (tertiary/aromatic N) is 2. The van der Waals surface area contributed by atoms with Gasteiger partial charge in [0.05, 0.1) is 23.9 Å². The zero-order chi connectivity index (χ0) is 12.8. The van der Waals surface area contributed by atoms with Crippen LogP contribution in [0.4, 0.5) is 11.5 Å². The van der Waals surface area contributed by atoms with Crippen molar-refractivity contribution in [2.24, 2.45) is 0 Å². The maximum atomic E-state index is 10.9. The van der Waals surface area contributed by atoms with E-state index < -0.39 is 10.9 Å². The molecule has 0 spiro atoms. The van der Waals surface area contributed by atoms with E-state index in [0.717, 1.165) is 11.8 Å². The van der Waals surface area contributed by atoms with Gasteiger partial charge in [-0.2, -0.15) is 0 Å². The lowest BCUT2D eigenvalue weighted by Gasteiger charge is -2.03. The molecule has 1 aromatic rings. The molecule has 0 amide bonds. The van der Waals surface area contributed by atoms with E-state index in [-0.39, 0.29) is 11.4 Å². The van der Waals surface area contributed by atoms with Crippen molar-refractivity contribution in [1.82, 2.24) is 4.98 Å². The molecule has 0 saturated carbocycles. The van der Waals surface area contributed by atoms with Crippen molar-refractivity contribution >= 4 is 29.2 Å². The number of thioether (sulfide) groups is 1. The van der Waals surface area contributed by atoms with Gasteiger partial charge in [-0.3, -0.25) is 14.9 Å². The van der Waals surface area contributed by atoms with Gasteiger partial charge in [-0.25, -0.2) is 4.98 Å². The Morgan fingerprint density at radius 3 is 2.88 bits per heavy atom. The summed E-state index contributed by atoms with van der Waals surface area (Å²) >= 11 is 1.08. The molecule has 0 aromatic carbocycles. The predicted molar refractivity (Wildman–Crippen MR) is 63.2 cm³/mol. The summed E-state index contributed by atoms with van der Waals surface area (Å²) in [4.78, 5) is 25.2. The number of ether oxygens (including phenoxy) is 1. The van der Waals surface area contributed by atoms with Crippen LogP contribution in [0.25, 0.3) is 0 Å². The van der Waals surface area contributed by atoms with E-state index in [1.165, 1.54) is 19.2 Å². The van der Waals surface area contributed by atoms with Gasteiger partial charge >= 0.3 is 5.97 Å². The SMILES string of the molecule is CNc1cc([N+](=O)[O-])cc(SCC(=O)OC)n1. The molecule has 0 aliphatic heterocycles. The molecule has 0 bridgehead atoms.